The molecule has 0 spiro atoms. The molecule has 0 bridgehead atoms. The summed E-state index contributed by atoms with van der Waals surface area (Å²) >= 11 is 1.02. The van der Waals surface area contributed by atoms with Crippen LogP contribution in [0.1, 0.15) is 17.3 Å². The number of rotatable bonds is 7. The highest BCUT2D eigenvalue weighted by Crippen LogP contribution is 2.29. The van der Waals surface area contributed by atoms with Crippen molar-refractivity contribution in [1.29, 1.82) is 0 Å². The number of hydrogen-bond acceptors (Lipinski definition) is 5. The van der Waals surface area contributed by atoms with E-state index in [0.717, 1.165) is 17.4 Å². The summed E-state index contributed by atoms with van der Waals surface area (Å²) in [5.74, 6) is -1.43. The van der Waals surface area contributed by atoms with Crippen LogP contribution >= 0.6 is 11.3 Å². The largest absolute Gasteiger partial charge is 0.496 e. The molecule has 0 unspecified atom stereocenters. The summed E-state index contributed by atoms with van der Waals surface area (Å²) in [6.45, 7) is 2.88. The second-order valence-electron chi connectivity index (χ2n) is 5.92. The Morgan fingerprint density at radius 1 is 1.17 bits per heavy atom. The van der Waals surface area contributed by atoms with Gasteiger partial charge in [0.2, 0.25) is 0 Å². The number of methoxy groups -OCH3 is 2. The minimum absolute atomic E-state index is 0.151. The van der Waals surface area contributed by atoms with Crippen molar-refractivity contribution in [3.63, 3.8) is 0 Å². The van der Waals surface area contributed by atoms with Crippen LogP contribution in [-0.2, 0) is 11.3 Å². The van der Waals surface area contributed by atoms with Crippen LogP contribution in [0.2, 0.25) is 0 Å². The number of benzene rings is 2. The molecule has 0 saturated heterocycles. The van der Waals surface area contributed by atoms with Crippen molar-refractivity contribution in [2.75, 3.05) is 27.4 Å². The lowest BCUT2D eigenvalue weighted by atomic mass is 10.1. The Kier molecular flexibility index (Phi) is 6.60. The maximum Gasteiger partial charge on any atom is 0.287 e. The molecule has 1 heterocycles. The first-order valence-corrected chi connectivity index (χ1v) is 9.68. The van der Waals surface area contributed by atoms with E-state index in [4.69, 9.17) is 14.2 Å². The van der Waals surface area contributed by atoms with Gasteiger partial charge >= 0.3 is 0 Å². The fourth-order valence-corrected chi connectivity index (χ4v) is 4.02. The van der Waals surface area contributed by atoms with E-state index >= 15 is 0 Å². The molecular weight excluding hydrogens is 402 g/mol. The summed E-state index contributed by atoms with van der Waals surface area (Å²) in [4.78, 5) is 17.3. The quantitative estimate of drug-likeness (QED) is 0.544. The first-order valence-electron chi connectivity index (χ1n) is 8.86. The molecule has 0 aliphatic heterocycles. The zero-order valence-electron chi connectivity index (χ0n) is 16.2. The van der Waals surface area contributed by atoms with E-state index in [2.05, 4.69) is 4.99 Å². The van der Waals surface area contributed by atoms with Gasteiger partial charge in [0.25, 0.3) is 5.91 Å². The van der Waals surface area contributed by atoms with Gasteiger partial charge in [-0.05, 0) is 25.1 Å². The van der Waals surface area contributed by atoms with E-state index in [9.17, 15) is 13.6 Å². The van der Waals surface area contributed by atoms with E-state index < -0.39 is 17.5 Å². The predicted octanol–water partition coefficient (Wildman–Crippen LogP) is 3.78. The summed E-state index contributed by atoms with van der Waals surface area (Å²) in [7, 11) is 2.87. The number of amides is 1. The Bertz CT molecular complexity index is 1090. The van der Waals surface area contributed by atoms with Crippen LogP contribution in [0.5, 0.6) is 11.5 Å². The molecule has 3 aromatic rings. The lowest BCUT2D eigenvalue weighted by molar-refractivity contribution is 0.0990. The molecule has 9 heteroatoms. The van der Waals surface area contributed by atoms with Crippen molar-refractivity contribution in [3.8, 4) is 11.5 Å². The van der Waals surface area contributed by atoms with E-state index in [1.54, 1.807) is 18.2 Å². The number of hydrogen-bond donors (Lipinski definition) is 0. The van der Waals surface area contributed by atoms with Crippen LogP contribution in [0.25, 0.3) is 10.2 Å². The molecule has 1 amide bonds. The van der Waals surface area contributed by atoms with E-state index in [0.29, 0.717) is 29.4 Å². The standard InChI is InChI=1S/C20H20F2N2O4S/c1-4-28-9-8-24-18-13(22)10-12(21)11-16(18)29-20(24)23-19(25)17-14(26-2)6-5-7-15(17)27-3/h5-7,10-11H,4,8-9H2,1-3H3. The van der Waals surface area contributed by atoms with Crippen LogP contribution in [0.15, 0.2) is 35.3 Å². The van der Waals surface area contributed by atoms with Crippen molar-refractivity contribution >= 4 is 27.5 Å². The molecule has 3 rings (SSSR count). The lowest BCUT2D eigenvalue weighted by Crippen LogP contribution is -2.20. The maximum atomic E-state index is 14.5. The van der Waals surface area contributed by atoms with Crippen LogP contribution in [0, 0.1) is 11.6 Å². The number of ether oxygens (including phenoxy) is 3. The minimum Gasteiger partial charge on any atom is -0.496 e. The van der Waals surface area contributed by atoms with Gasteiger partial charge in [-0.2, -0.15) is 4.99 Å². The van der Waals surface area contributed by atoms with Gasteiger partial charge in [-0.3, -0.25) is 4.79 Å². The first-order chi connectivity index (χ1) is 14.0. The number of thiazole rings is 1. The summed E-state index contributed by atoms with van der Waals surface area (Å²) in [5, 5.41) is 0. The Hall–Kier alpha value is -2.78. The fourth-order valence-electron chi connectivity index (χ4n) is 2.93. The zero-order valence-corrected chi connectivity index (χ0v) is 17.0. The van der Waals surface area contributed by atoms with Gasteiger partial charge in [0, 0.05) is 19.2 Å². The monoisotopic (exact) mass is 422 g/mol. The SMILES string of the molecule is CCOCCn1c(=NC(=O)c2c(OC)cccc2OC)sc2cc(F)cc(F)c21. The molecule has 0 atom stereocenters. The Labute approximate surface area is 170 Å². The molecule has 0 aliphatic rings. The van der Waals surface area contributed by atoms with Crippen LogP contribution < -0.4 is 14.3 Å². The third kappa shape index (κ3) is 4.30. The molecule has 0 radical (unpaired) electrons. The Balaban J connectivity index is 2.18. The molecule has 0 saturated carbocycles. The number of halogens is 2. The minimum atomic E-state index is -0.725. The summed E-state index contributed by atoms with van der Waals surface area (Å²) < 4.78 is 45.9. The smallest absolute Gasteiger partial charge is 0.287 e. The van der Waals surface area contributed by atoms with Crippen molar-refractivity contribution in [2.24, 2.45) is 4.99 Å². The average molecular weight is 422 g/mol. The molecule has 0 N–H and O–H groups in total. The van der Waals surface area contributed by atoms with Crippen LogP contribution in [-0.4, -0.2) is 37.9 Å². The topological polar surface area (TPSA) is 62.1 Å². The molecule has 154 valence electrons. The van der Waals surface area contributed by atoms with Crippen molar-refractivity contribution in [1.82, 2.24) is 4.57 Å². The third-order valence-corrected chi connectivity index (χ3v) is 5.22. The van der Waals surface area contributed by atoms with Gasteiger partial charge < -0.3 is 18.8 Å². The van der Waals surface area contributed by atoms with E-state index in [-0.39, 0.29) is 22.4 Å². The van der Waals surface area contributed by atoms with Gasteiger partial charge in [0.15, 0.2) is 10.6 Å². The average Bonchev–Trinajstić information content (AvgIpc) is 3.04. The van der Waals surface area contributed by atoms with Crippen LogP contribution in [0.4, 0.5) is 8.78 Å². The van der Waals surface area contributed by atoms with E-state index in [1.807, 2.05) is 6.92 Å². The predicted molar refractivity (Wildman–Crippen MR) is 106 cm³/mol. The van der Waals surface area contributed by atoms with Gasteiger partial charge in [-0.1, -0.05) is 17.4 Å². The number of carbonyl (C=O) groups is 1. The van der Waals surface area contributed by atoms with Crippen molar-refractivity contribution < 1.29 is 27.8 Å². The summed E-state index contributed by atoms with van der Waals surface area (Å²) in [5.41, 5.74) is 0.326. The Morgan fingerprint density at radius 2 is 1.86 bits per heavy atom. The first kappa shape index (κ1) is 20.9. The Morgan fingerprint density at radius 3 is 2.48 bits per heavy atom. The number of aromatic nitrogens is 1. The van der Waals surface area contributed by atoms with Gasteiger partial charge in [0.05, 0.1) is 31.0 Å². The maximum absolute atomic E-state index is 14.5. The molecular formula is C20H20F2N2O4S. The normalized spacial score (nSPS) is 11.8. The number of carbonyl (C=O) groups excluding carboxylic acids is 1. The second kappa shape index (κ2) is 9.15. The number of fused-ring (bicyclic) bond motifs is 1. The molecule has 29 heavy (non-hydrogen) atoms. The van der Waals surface area contributed by atoms with E-state index in [1.165, 1.54) is 24.9 Å². The second-order valence-corrected chi connectivity index (χ2v) is 6.93. The van der Waals surface area contributed by atoms with Gasteiger partial charge in [-0.15, -0.1) is 0 Å². The van der Waals surface area contributed by atoms with Crippen molar-refractivity contribution in [3.05, 3.63) is 52.3 Å². The highest BCUT2D eigenvalue weighted by molar-refractivity contribution is 7.16. The molecule has 2 aromatic carbocycles. The lowest BCUT2D eigenvalue weighted by Gasteiger charge is -2.10. The van der Waals surface area contributed by atoms with Gasteiger partial charge in [0.1, 0.15) is 22.9 Å². The fraction of sp³-hybridized carbons (Fsp3) is 0.300. The molecule has 6 nitrogen and oxygen atoms in total. The third-order valence-electron chi connectivity index (χ3n) is 4.20. The van der Waals surface area contributed by atoms with Crippen LogP contribution in [0.3, 0.4) is 0 Å². The zero-order chi connectivity index (χ0) is 21.0. The summed E-state index contributed by atoms with van der Waals surface area (Å²) in [6, 6.07) is 6.95. The molecule has 1 aromatic heterocycles. The summed E-state index contributed by atoms with van der Waals surface area (Å²) in [6.07, 6.45) is 0. The van der Waals surface area contributed by atoms with Crippen molar-refractivity contribution in [2.45, 2.75) is 13.5 Å². The van der Waals surface area contributed by atoms with Gasteiger partial charge in [-0.25, -0.2) is 8.78 Å². The molecule has 0 aliphatic carbocycles. The highest BCUT2D eigenvalue weighted by Gasteiger charge is 2.19. The highest BCUT2D eigenvalue weighted by atomic mass is 32.1. The molecule has 0 fully saturated rings. The number of nitrogens with zero attached hydrogens (tertiary/aromatic N) is 2.